The van der Waals surface area contributed by atoms with Gasteiger partial charge in [0, 0.05) is 31.7 Å². The van der Waals surface area contributed by atoms with Crippen LogP contribution in [-0.4, -0.2) is 69.4 Å². The predicted octanol–water partition coefficient (Wildman–Crippen LogP) is 5.36. The molecule has 0 unspecified atom stereocenters. The fourth-order valence-electron chi connectivity index (χ4n) is 5.46. The summed E-state index contributed by atoms with van der Waals surface area (Å²) in [7, 11) is -4.44. The molecule has 6 rings (SSSR count). The molecule has 3 N–H and O–H groups in total. The van der Waals surface area contributed by atoms with Crippen molar-refractivity contribution in [3.05, 3.63) is 89.3 Å². The predicted molar refractivity (Wildman–Crippen MR) is 179 cm³/mol. The van der Waals surface area contributed by atoms with E-state index in [4.69, 9.17) is 9.72 Å². The molecule has 1 aliphatic heterocycles. The molecule has 262 valence electrons. The first-order chi connectivity index (χ1) is 23.7. The molecule has 0 radical (unpaired) electrons. The van der Waals surface area contributed by atoms with Crippen molar-refractivity contribution in [1.29, 1.82) is 0 Å². The fourth-order valence-corrected chi connectivity index (χ4v) is 6.77. The molecule has 1 amide bonds. The molecular formula is C33H34F3N9O4S. The highest BCUT2D eigenvalue weighted by Gasteiger charge is 2.25. The zero-order valence-corrected chi connectivity index (χ0v) is 28.4. The molecule has 0 saturated carbocycles. The topological polar surface area (TPSA) is 156 Å². The molecule has 0 aliphatic carbocycles. The average molecular weight is 710 g/mol. The first kappa shape index (κ1) is 34.6. The van der Waals surface area contributed by atoms with E-state index in [1.807, 2.05) is 0 Å². The number of hydrogen-bond donors (Lipinski definition) is 3. The molecule has 1 aliphatic rings. The van der Waals surface area contributed by atoms with Gasteiger partial charge in [0.25, 0.3) is 10.0 Å². The Kier molecular flexibility index (Phi) is 9.37. The lowest BCUT2D eigenvalue weighted by Crippen LogP contribution is -2.40. The number of pyridine rings is 1. The molecule has 13 nitrogen and oxygen atoms in total. The van der Waals surface area contributed by atoms with Gasteiger partial charge in [0.1, 0.15) is 34.8 Å². The van der Waals surface area contributed by atoms with Gasteiger partial charge in [-0.15, -0.1) is 0 Å². The van der Waals surface area contributed by atoms with Gasteiger partial charge in [-0.2, -0.15) is 5.10 Å². The second kappa shape index (κ2) is 13.5. The number of carbonyl (C=O) groups excluding carboxylic acids is 1. The molecule has 0 saturated heterocycles. The van der Waals surface area contributed by atoms with Crippen molar-refractivity contribution in [3.8, 4) is 5.82 Å². The van der Waals surface area contributed by atoms with Gasteiger partial charge in [-0.1, -0.05) is 6.07 Å². The van der Waals surface area contributed by atoms with Crippen LogP contribution in [0.15, 0.2) is 59.9 Å². The highest BCUT2D eigenvalue weighted by atomic mass is 32.2. The maximum atomic E-state index is 15.8. The van der Waals surface area contributed by atoms with Crippen molar-refractivity contribution >= 4 is 44.3 Å². The molecule has 3 aromatic heterocycles. The molecule has 17 heteroatoms. The van der Waals surface area contributed by atoms with E-state index in [-0.39, 0.29) is 16.9 Å². The summed E-state index contributed by atoms with van der Waals surface area (Å²) in [5.41, 5.74) is 0.432. The number of rotatable bonds is 9. The Bertz CT molecular complexity index is 2210. The molecule has 4 heterocycles. The minimum Gasteiger partial charge on any atom is -0.444 e. The van der Waals surface area contributed by atoms with Gasteiger partial charge in [0.15, 0.2) is 17.5 Å². The third kappa shape index (κ3) is 7.33. The monoisotopic (exact) mass is 709 g/mol. The van der Waals surface area contributed by atoms with E-state index >= 15 is 8.78 Å². The van der Waals surface area contributed by atoms with E-state index in [2.05, 4.69) is 35.3 Å². The van der Waals surface area contributed by atoms with Crippen molar-refractivity contribution in [1.82, 2.24) is 34.9 Å². The van der Waals surface area contributed by atoms with Crippen LogP contribution in [0.2, 0.25) is 0 Å². The summed E-state index contributed by atoms with van der Waals surface area (Å²) < 4.78 is 80.0. The second-order valence-corrected chi connectivity index (χ2v) is 14.3. The van der Waals surface area contributed by atoms with Crippen LogP contribution in [0, 0.1) is 24.4 Å². The van der Waals surface area contributed by atoms with E-state index in [1.54, 1.807) is 43.8 Å². The number of ether oxygens (including phenoxy) is 1. The smallest absolute Gasteiger partial charge is 0.407 e. The van der Waals surface area contributed by atoms with Crippen molar-refractivity contribution in [3.63, 3.8) is 0 Å². The maximum absolute atomic E-state index is 15.8. The van der Waals surface area contributed by atoms with Crippen LogP contribution in [0.3, 0.4) is 0 Å². The van der Waals surface area contributed by atoms with E-state index in [0.29, 0.717) is 31.0 Å². The molecule has 0 spiro atoms. The van der Waals surface area contributed by atoms with Crippen molar-refractivity contribution in [2.45, 2.75) is 51.2 Å². The van der Waals surface area contributed by atoms with Crippen LogP contribution < -0.4 is 15.4 Å². The third-order valence-electron chi connectivity index (χ3n) is 7.89. The normalized spacial score (nSPS) is 13.6. The number of benzene rings is 2. The van der Waals surface area contributed by atoms with Crippen molar-refractivity contribution in [2.24, 2.45) is 0 Å². The Morgan fingerprint density at radius 3 is 2.62 bits per heavy atom. The van der Waals surface area contributed by atoms with Gasteiger partial charge in [0.05, 0.1) is 28.0 Å². The van der Waals surface area contributed by atoms with Gasteiger partial charge in [-0.05, 0) is 76.1 Å². The van der Waals surface area contributed by atoms with E-state index in [0.717, 1.165) is 42.4 Å². The lowest BCUT2D eigenvalue weighted by atomic mass is 10.1. The van der Waals surface area contributed by atoms with Crippen LogP contribution in [0.5, 0.6) is 0 Å². The number of alkyl carbamates (subject to hydrolysis) is 1. The zero-order chi connectivity index (χ0) is 35.8. The zero-order valence-electron chi connectivity index (χ0n) is 27.6. The van der Waals surface area contributed by atoms with Gasteiger partial charge in [-0.25, -0.2) is 46.0 Å². The highest BCUT2D eigenvalue weighted by Crippen LogP contribution is 2.32. The summed E-state index contributed by atoms with van der Waals surface area (Å²) in [5, 5.41) is 9.94. The number of nitrogens with one attached hydrogen (secondary N) is 3. The van der Waals surface area contributed by atoms with E-state index in [9.17, 15) is 17.6 Å². The molecule has 5 aromatic rings. The van der Waals surface area contributed by atoms with Gasteiger partial charge >= 0.3 is 6.09 Å². The number of sulfonamides is 1. The summed E-state index contributed by atoms with van der Waals surface area (Å²) in [4.78, 5) is 26.9. The first-order valence-corrected chi connectivity index (χ1v) is 17.1. The fraction of sp³-hybridized carbons (Fsp3) is 0.303. The van der Waals surface area contributed by atoms with Gasteiger partial charge in [0.2, 0.25) is 0 Å². The SMILES string of the molecule is Cc1c(F)cccc1S(=O)(=O)Nc1ccc(F)c(Nc2ncnc3ccc(-n4ncc5c4CN(CCNC(=O)OC(C)(C)C)CC5)nc23)c1F. The Morgan fingerprint density at radius 1 is 1.04 bits per heavy atom. The largest absolute Gasteiger partial charge is 0.444 e. The molecule has 2 aromatic carbocycles. The molecule has 50 heavy (non-hydrogen) atoms. The van der Waals surface area contributed by atoms with E-state index in [1.165, 1.54) is 25.4 Å². The van der Waals surface area contributed by atoms with Crippen molar-refractivity contribution < 1.29 is 31.1 Å². The second-order valence-electron chi connectivity index (χ2n) is 12.6. The molecular weight excluding hydrogens is 675 g/mol. The maximum Gasteiger partial charge on any atom is 0.407 e. The summed E-state index contributed by atoms with van der Waals surface area (Å²) in [6.07, 6.45) is 3.20. The number of nitrogens with zero attached hydrogens (tertiary/aromatic N) is 6. The molecule has 0 bridgehead atoms. The lowest BCUT2D eigenvalue weighted by molar-refractivity contribution is 0.0521. The van der Waals surface area contributed by atoms with Crippen molar-refractivity contribution in [2.75, 3.05) is 29.7 Å². The standard InChI is InChI=1S/C33H34F3N9O4S/c1-19-21(34)6-5-7-26(19)50(47,48)43-23-9-8-22(35)29(28(23)36)42-31-30-24(38-18-39-31)10-11-27(41-30)45-25-17-44(14-12-20(25)16-40-45)15-13-37-32(46)49-33(2,3)4/h5-11,16,18,43H,12-15,17H2,1-4H3,(H,37,46)(H,38,39,42). The Labute approximate surface area is 286 Å². The Hall–Kier alpha value is -5.29. The first-order valence-electron chi connectivity index (χ1n) is 15.6. The Balaban J connectivity index is 1.24. The molecule has 0 atom stereocenters. The number of halogens is 3. The van der Waals surface area contributed by atoms with Crippen LogP contribution >= 0.6 is 0 Å². The number of carbonyl (C=O) groups is 1. The van der Waals surface area contributed by atoms with Gasteiger partial charge < -0.3 is 15.4 Å². The average Bonchev–Trinajstić information content (AvgIpc) is 3.48. The number of anilines is 3. The summed E-state index contributed by atoms with van der Waals surface area (Å²) in [6.45, 7) is 8.92. The highest BCUT2D eigenvalue weighted by molar-refractivity contribution is 7.92. The lowest BCUT2D eigenvalue weighted by Gasteiger charge is -2.27. The summed E-state index contributed by atoms with van der Waals surface area (Å²) >= 11 is 0. The van der Waals surface area contributed by atoms with Crippen LogP contribution in [0.25, 0.3) is 16.9 Å². The molecule has 0 fully saturated rings. The van der Waals surface area contributed by atoms with Crippen LogP contribution in [0.1, 0.15) is 37.6 Å². The third-order valence-corrected chi connectivity index (χ3v) is 9.40. The van der Waals surface area contributed by atoms with Gasteiger partial charge in [-0.3, -0.25) is 9.62 Å². The van der Waals surface area contributed by atoms with Crippen LogP contribution in [-0.2, 0) is 27.7 Å². The number of hydrogen-bond acceptors (Lipinski definition) is 10. The minimum absolute atomic E-state index is 0.0495. The summed E-state index contributed by atoms with van der Waals surface area (Å²) in [6, 6.07) is 8.68. The number of aromatic nitrogens is 5. The minimum atomic E-state index is -4.44. The van der Waals surface area contributed by atoms with E-state index < -0.39 is 55.4 Å². The Morgan fingerprint density at radius 2 is 1.84 bits per heavy atom. The number of amides is 1. The quantitative estimate of drug-likeness (QED) is 0.182. The number of fused-ring (bicyclic) bond motifs is 2. The van der Waals surface area contributed by atoms with Crippen LogP contribution in [0.4, 0.5) is 35.2 Å². The summed E-state index contributed by atoms with van der Waals surface area (Å²) in [5.74, 6) is -2.69.